The molecule has 1 spiro atoms. The Bertz CT molecular complexity index is 1660. The summed E-state index contributed by atoms with van der Waals surface area (Å²) < 4.78 is 54.0. The number of methoxy groups -OCH3 is 2. The van der Waals surface area contributed by atoms with Crippen molar-refractivity contribution < 1.29 is 77.1 Å². The Labute approximate surface area is 293 Å². The second-order valence-electron chi connectivity index (χ2n) is 15.8. The Morgan fingerprint density at radius 2 is 1.67 bits per heavy atom. The first-order valence-electron chi connectivity index (χ1n) is 17.2. The van der Waals surface area contributed by atoms with Crippen molar-refractivity contribution in [3.05, 3.63) is 24.0 Å². The van der Waals surface area contributed by atoms with E-state index in [2.05, 4.69) is 0 Å². The summed E-state index contributed by atoms with van der Waals surface area (Å²) in [6.07, 6.45) is -3.11. The van der Waals surface area contributed by atoms with Crippen LogP contribution in [0.15, 0.2) is 24.0 Å². The molecule has 5 unspecified atom stereocenters. The number of fused-ring (bicyclic) bond motifs is 7. The zero-order valence-corrected chi connectivity index (χ0v) is 29.4. The molecule has 0 amide bonds. The summed E-state index contributed by atoms with van der Waals surface area (Å²) in [4.78, 5) is 54.4. The van der Waals surface area contributed by atoms with Crippen molar-refractivity contribution in [1.82, 2.24) is 0 Å². The highest BCUT2D eigenvalue weighted by molar-refractivity contribution is 5.88. The summed E-state index contributed by atoms with van der Waals surface area (Å²) in [7, 11) is 2.23. The summed E-state index contributed by atoms with van der Waals surface area (Å²) in [6.45, 7) is 6.88. The van der Waals surface area contributed by atoms with Gasteiger partial charge in [-0.1, -0.05) is 13.0 Å². The molecule has 0 aromatic heterocycles. The second kappa shape index (κ2) is 10.5. The quantitative estimate of drug-likeness (QED) is 0.140. The van der Waals surface area contributed by atoms with Gasteiger partial charge < -0.3 is 58.0 Å². The number of rotatable bonds is 6. The summed E-state index contributed by atoms with van der Waals surface area (Å²) in [5.74, 6) is -9.76. The van der Waals surface area contributed by atoms with E-state index in [0.29, 0.717) is 0 Å². The maximum atomic E-state index is 14.2. The molecule has 2 bridgehead atoms. The predicted molar refractivity (Wildman–Crippen MR) is 164 cm³/mol. The Kier molecular flexibility index (Phi) is 7.20. The minimum absolute atomic E-state index is 0.235. The average molecular weight is 721 g/mol. The summed E-state index contributed by atoms with van der Waals surface area (Å²) in [5.41, 5.74) is -9.47. The van der Waals surface area contributed by atoms with Gasteiger partial charge in [-0.2, -0.15) is 0 Å². The maximum absolute atomic E-state index is 14.2. The molecule has 5 aliphatic heterocycles. The van der Waals surface area contributed by atoms with E-state index < -0.39 is 130 Å². The van der Waals surface area contributed by atoms with Gasteiger partial charge in [-0.25, -0.2) is 9.59 Å². The Hall–Kier alpha value is -3.12. The van der Waals surface area contributed by atoms with Crippen molar-refractivity contribution in [2.75, 3.05) is 27.4 Å². The highest BCUT2D eigenvalue weighted by atomic mass is 16.7. The van der Waals surface area contributed by atoms with E-state index in [-0.39, 0.29) is 18.4 Å². The second-order valence-corrected chi connectivity index (χ2v) is 15.8. The van der Waals surface area contributed by atoms with Gasteiger partial charge in [0.1, 0.15) is 28.8 Å². The summed E-state index contributed by atoms with van der Waals surface area (Å²) in [5, 5.41) is 37.4. The van der Waals surface area contributed by atoms with Crippen molar-refractivity contribution >= 4 is 23.9 Å². The van der Waals surface area contributed by atoms with Gasteiger partial charge in [-0.3, -0.25) is 9.59 Å². The van der Waals surface area contributed by atoms with Gasteiger partial charge in [-0.15, -0.1) is 0 Å². The third-order valence-corrected chi connectivity index (χ3v) is 14.1. The molecule has 7 fully saturated rings. The van der Waals surface area contributed by atoms with Crippen molar-refractivity contribution in [1.29, 1.82) is 0 Å². The molecule has 280 valence electrons. The molecular formula is C35H44O16. The van der Waals surface area contributed by atoms with Crippen LogP contribution in [0.1, 0.15) is 47.5 Å². The smallest absolute Gasteiger partial charge is 0.366 e. The lowest BCUT2D eigenvalue weighted by molar-refractivity contribution is -0.314. The monoisotopic (exact) mass is 720 g/mol. The van der Waals surface area contributed by atoms with Crippen LogP contribution in [0.2, 0.25) is 0 Å². The number of hydrogen-bond donors (Lipinski definition) is 3. The molecule has 0 radical (unpaired) electrons. The third kappa shape index (κ3) is 3.65. The molecule has 3 saturated carbocycles. The lowest BCUT2D eigenvalue weighted by atomic mass is 9.37. The largest absolute Gasteiger partial charge is 0.469 e. The number of allylic oxidation sites excluding steroid dienone is 1. The lowest BCUT2D eigenvalue weighted by Crippen LogP contribution is -2.79. The van der Waals surface area contributed by atoms with Gasteiger partial charge in [0.15, 0.2) is 5.60 Å². The Morgan fingerprint density at radius 3 is 2.31 bits per heavy atom. The fraction of sp³-hybridized carbons (Fsp3) is 0.771. The van der Waals surface area contributed by atoms with Crippen LogP contribution in [0.25, 0.3) is 0 Å². The van der Waals surface area contributed by atoms with Gasteiger partial charge in [0.25, 0.3) is 5.79 Å². The molecule has 3 aliphatic carbocycles. The molecule has 16 heteroatoms. The summed E-state index contributed by atoms with van der Waals surface area (Å²) >= 11 is 0. The van der Waals surface area contributed by atoms with E-state index in [9.17, 15) is 34.5 Å². The van der Waals surface area contributed by atoms with Crippen LogP contribution in [0, 0.1) is 34.0 Å². The van der Waals surface area contributed by atoms with Crippen LogP contribution >= 0.6 is 0 Å². The Morgan fingerprint density at radius 1 is 0.961 bits per heavy atom. The molecule has 0 aromatic rings. The number of aliphatic hydroxyl groups excluding tert-OH is 1. The number of aliphatic hydroxyl groups is 3. The number of hydrogen-bond acceptors (Lipinski definition) is 16. The van der Waals surface area contributed by atoms with Crippen molar-refractivity contribution in [3.63, 3.8) is 0 Å². The maximum Gasteiger partial charge on any atom is 0.366 e. The fourth-order valence-electron chi connectivity index (χ4n) is 12.2. The average Bonchev–Trinajstić information content (AvgIpc) is 3.47. The molecule has 51 heavy (non-hydrogen) atoms. The number of esters is 4. The van der Waals surface area contributed by atoms with Gasteiger partial charge in [0.2, 0.25) is 6.29 Å². The van der Waals surface area contributed by atoms with Crippen LogP contribution < -0.4 is 0 Å². The molecule has 8 rings (SSSR count). The zero-order valence-electron chi connectivity index (χ0n) is 29.4. The van der Waals surface area contributed by atoms with Crippen molar-refractivity contribution in [2.45, 2.75) is 107 Å². The van der Waals surface area contributed by atoms with Gasteiger partial charge in [0.05, 0.1) is 52.0 Å². The van der Waals surface area contributed by atoms with Crippen LogP contribution in [-0.4, -0.2) is 126 Å². The molecule has 4 saturated heterocycles. The van der Waals surface area contributed by atoms with Crippen molar-refractivity contribution in [3.8, 4) is 0 Å². The predicted octanol–water partition coefficient (Wildman–Crippen LogP) is -0.203. The normalized spacial score (nSPS) is 53.9. The molecule has 16 nitrogen and oxygen atoms in total. The van der Waals surface area contributed by atoms with Gasteiger partial charge in [0, 0.05) is 47.5 Å². The van der Waals surface area contributed by atoms with E-state index >= 15 is 0 Å². The van der Waals surface area contributed by atoms with Crippen LogP contribution in [0.3, 0.4) is 0 Å². The standard InChI is InChI=1S/C35H44O16/c1-8-15(2)24(38)49-18-12-19(48-16(3)36)32(26(39)43-6)13-46-21-22(32)31(18)14-47-34(42,27(40)44-7)25(31)29(4,23(21)37)35-20-11-17(30(35,5)51-35)33(41)9-10-45-28(33)50-20/h8-10,17-23,25,28,37,41-42H,11-14H2,1-7H3/b15-8+/t17?,18-,19+,20?,21+,22+,23+,25?,28-,29+,30?,31-,32-,33?,34-,35-/m0/s1. The lowest BCUT2D eigenvalue weighted by Gasteiger charge is -2.65. The number of carbonyl (C=O) groups is 4. The highest BCUT2D eigenvalue weighted by Crippen LogP contribution is 2.83. The topological polar surface area (TPSA) is 215 Å². The molecule has 8 aliphatic rings. The first-order chi connectivity index (χ1) is 23.9. The number of ether oxygens (including phenoxy) is 9. The number of epoxide rings is 1. The molecule has 16 atom stereocenters. The van der Waals surface area contributed by atoms with Gasteiger partial charge >= 0.3 is 23.9 Å². The van der Waals surface area contributed by atoms with Crippen molar-refractivity contribution in [2.24, 2.45) is 34.0 Å². The van der Waals surface area contributed by atoms with E-state index in [4.69, 9.17) is 42.6 Å². The minimum Gasteiger partial charge on any atom is -0.469 e. The fourth-order valence-corrected chi connectivity index (χ4v) is 12.2. The number of carbonyl (C=O) groups excluding carboxylic acids is 4. The van der Waals surface area contributed by atoms with Gasteiger partial charge in [-0.05, 0) is 33.3 Å². The van der Waals surface area contributed by atoms with Crippen LogP contribution in [0.4, 0.5) is 0 Å². The Balaban J connectivity index is 1.40. The van der Waals surface area contributed by atoms with Crippen LogP contribution in [0.5, 0.6) is 0 Å². The van der Waals surface area contributed by atoms with Crippen LogP contribution in [-0.2, 0) is 61.8 Å². The first-order valence-corrected chi connectivity index (χ1v) is 17.2. The molecule has 0 aromatic carbocycles. The van der Waals surface area contributed by atoms with E-state index in [1.54, 1.807) is 33.8 Å². The summed E-state index contributed by atoms with van der Waals surface area (Å²) in [6, 6.07) is 0. The van der Waals surface area contributed by atoms with E-state index in [1.165, 1.54) is 19.3 Å². The highest BCUT2D eigenvalue weighted by Gasteiger charge is 2.97. The minimum atomic E-state index is -2.82. The van der Waals surface area contributed by atoms with E-state index in [0.717, 1.165) is 14.2 Å². The molecule has 5 heterocycles. The zero-order chi connectivity index (χ0) is 36.9. The molecule has 3 N–H and O–H groups in total. The molecular weight excluding hydrogens is 676 g/mol. The first kappa shape index (κ1) is 34.9. The SMILES string of the molecule is C/C=C(\C)C(=O)O[C@H]1C[C@@H](OC(C)=O)[C@@]2(C(=O)OC)CO[C@H]3[C@@H](O)[C@@](C)([C@]45OC4(C)C4CC5O[C@@H]5OC=CC45O)C4[C@]1(CO[C@]4(O)C(=O)OC)[C@@H]32. The van der Waals surface area contributed by atoms with E-state index in [1.807, 2.05) is 0 Å². The third-order valence-electron chi connectivity index (χ3n) is 14.1.